The van der Waals surface area contributed by atoms with E-state index in [1.807, 2.05) is 44.2 Å². The van der Waals surface area contributed by atoms with Gasteiger partial charge in [0.1, 0.15) is 11.4 Å². The van der Waals surface area contributed by atoms with E-state index in [0.717, 1.165) is 91.3 Å². The topological polar surface area (TPSA) is 104 Å². The number of benzene rings is 1. The Kier molecular flexibility index (Phi) is 5.09. The predicted molar refractivity (Wildman–Crippen MR) is 132 cm³/mol. The van der Waals surface area contributed by atoms with Crippen molar-refractivity contribution in [2.45, 2.75) is 64.0 Å². The Hall–Kier alpha value is -3.33. The zero-order valence-electron chi connectivity index (χ0n) is 19.7. The second kappa shape index (κ2) is 8.16. The fourth-order valence-electron chi connectivity index (χ4n) is 5.04. The van der Waals surface area contributed by atoms with Gasteiger partial charge in [0.2, 0.25) is 11.9 Å². The summed E-state index contributed by atoms with van der Waals surface area (Å²) in [5, 5.41) is 18.8. The Morgan fingerprint density at radius 3 is 2.44 bits per heavy atom. The molecule has 0 unspecified atom stereocenters. The van der Waals surface area contributed by atoms with Crippen molar-refractivity contribution < 1.29 is 5.11 Å². The van der Waals surface area contributed by atoms with Crippen molar-refractivity contribution in [2.75, 3.05) is 23.3 Å². The molecule has 0 atom stereocenters. The summed E-state index contributed by atoms with van der Waals surface area (Å²) in [4.78, 5) is 21.6. The number of aryl methyl sites for hydroxylation is 1. The van der Waals surface area contributed by atoms with Crippen molar-refractivity contribution in [2.24, 2.45) is 0 Å². The van der Waals surface area contributed by atoms with Crippen LogP contribution in [0.1, 0.15) is 51.1 Å². The second-order valence-electron chi connectivity index (χ2n) is 9.90. The van der Waals surface area contributed by atoms with Crippen LogP contribution in [-0.2, 0) is 0 Å². The highest BCUT2D eigenvalue weighted by atomic mass is 16.3. The first-order valence-corrected chi connectivity index (χ1v) is 12.2. The van der Waals surface area contributed by atoms with Crippen LogP contribution >= 0.6 is 0 Å². The number of rotatable bonds is 4. The van der Waals surface area contributed by atoms with Crippen LogP contribution in [0.2, 0.25) is 0 Å². The number of aromatic nitrogens is 6. The average molecular weight is 459 g/mol. The van der Waals surface area contributed by atoms with E-state index in [2.05, 4.69) is 10.2 Å². The lowest BCUT2D eigenvalue weighted by Gasteiger charge is -2.33. The third kappa shape index (κ3) is 3.94. The minimum Gasteiger partial charge on any atom is -0.390 e. The van der Waals surface area contributed by atoms with Crippen LogP contribution in [0.3, 0.4) is 0 Å². The van der Waals surface area contributed by atoms with Crippen LogP contribution in [0, 0.1) is 6.92 Å². The molecule has 1 aliphatic carbocycles. The molecule has 1 aliphatic heterocycles. The molecular formula is C25H30N8O. The molecule has 4 aromatic rings. The number of para-hydroxylation sites is 2. The fourth-order valence-corrected chi connectivity index (χ4v) is 5.04. The fraction of sp³-hybridized carbons (Fsp3) is 0.480. The molecule has 0 spiro atoms. The molecule has 0 amide bonds. The van der Waals surface area contributed by atoms with Crippen molar-refractivity contribution in [1.82, 2.24) is 29.5 Å². The van der Waals surface area contributed by atoms with Crippen molar-refractivity contribution in [3.8, 4) is 11.4 Å². The van der Waals surface area contributed by atoms with E-state index in [-0.39, 0.29) is 6.04 Å². The van der Waals surface area contributed by atoms with E-state index >= 15 is 0 Å². The maximum Gasteiger partial charge on any atom is 0.230 e. The summed E-state index contributed by atoms with van der Waals surface area (Å²) in [6.07, 6.45) is 5.64. The first kappa shape index (κ1) is 21.2. The van der Waals surface area contributed by atoms with Crippen LogP contribution in [0.4, 0.5) is 11.9 Å². The second-order valence-corrected chi connectivity index (χ2v) is 9.90. The molecule has 4 heterocycles. The summed E-state index contributed by atoms with van der Waals surface area (Å²) in [6.45, 7) is 5.83. The monoisotopic (exact) mass is 458 g/mol. The lowest BCUT2D eigenvalue weighted by Crippen LogP contribution is -2.36. The third-order valence-electron chi connectivity index (χ3n) is 7.08. The minimum absolute atomic E-state index is 0.236. The van der Waals surface area contributed by atoms with Gasteiger partial charge in [0.15, 0.2) is 5.65 Å². The summed E-state index contributed by atoms with van der Waals surface area (Å²) >= 11 is 0. The smallest absolute Gasteiger partial charge is 0.230 e. The van der Waals surface area contributed by atoms with Crippen LogP contribution < -0.4 is 10.2 Å². The maximum atomic E-state index is 10.4. The van der Waals surface area contributed by atoms with E-state index in [1.165, 1.54) is 0 Å². The molecule has 3 aromatic heterocycles. The van der Waals surface area contributed by atoms with Crippen molar-refractivity contribution >= 4 is 28.6 Å². The van der Waals surface area contributed by atoms with Gasteiger partial charge in [-0.1, -0.05) is 12.1 Å². The largest absolute Gasteiger partial charge is 0.390 e. The number of hydrogen-bond donors (Lipinski definition) is 2. The lowest BCUT2D eigenvalue weighted by atomic mass is 9.84. The summed E-state index contributed by atoms with van der Waals surface area (Å²) in [6, 6.07) is 10.1. The van der Waals surface area contributed by atoms with E-state index < -0.39 is 5.60 Å². The summed E-state index contributed by atoms with van der Waals surface area (Å²) in [5.41, 5.74) is 4.21. The molecule has 1 saturated carbocycles. The molecule has 9 nitrogen and oxygen atoms in total. The Balaban J connectivity index is 1.42. The van der Waals surface area contributed by atoms with E-state index in [0.29, 0.717) is 5.95 Å². The Morgan fingerprint density at radius 2 is 1.71 bits per heavy atom. The van der Waals surface area contributed by atoms with E-state index in [1.54, 1.807) is 4.52 Å². The molecule has 0 radical (unpaired) electrons. The van der Waals surface area contributed by atoms with Gasteiger partial charge < -0.3 is 15.3 Å². The van der Waals surface area contributed by atoms with Gasteiger partial charge in [0.05, 0.1) is 22.3 Å². The zero-order valence-corrected chi connectivity index (χ0v) is 19.7. The molecule has 2 N–H and O–H groups in total. The highest BCUT2D eigenvalue weighted by Gasteiger charge is 2.30. The first-order chi connectivity index (χ1) is 16.4. The third-order valence-corrected chi connectivity index (χ3v) is 7.08. The first-order valence-electron chi connectivity index (χ1n) is 12.2. The quantitative estimate of drug-likeness (QED) is 0.477. The zero-order chi connectivity index (χ0) is 23.3. The Labute approximate surface area is 198 Å². The molecule has 2 fully saturated rings. The highest BCUT2D eigenvalue weighted by molar-refractivity contribution is 5.78. The highest BCUT2D eigenvalue weighted by Crippen LogP contribution is 2.31. The summed E-state index contributed by atoms with van der Waals surface area (Å²) in [5.74, 6) is 1.43. The van der Waals surface area contributed by atoms with Crippen LogP contribution in [0.25, 0.3) is 28.1 Å². The number of anilines is 2. The average Bonchev–Trinajstić information content (AvgIpc) is 3.50. The molecule has 34 heavy (non-hydrogen) atoms. The normalized spacial score (nSPS) is 23.1. The van der Waals surface area contributed by atoms with Gasteiger partial charge in [-0.3, -0.25) is 0 Å². The predicted octanol–water partition coefficient (Wildman–Crippen LogP) is 3.75. The van der Waals surface area contributed by atoms with Crippen LogP contribution in [0.15, 0.2) is 30.3 Å². The van der Waals surface area contributed by atoms with Crippen molar-refractivity contribution in [1.29, 1.82) is 0 Å². The number of hydrogen-bond acceptors (Lipinski definition) is 8. The lowest BCUT2D eigenvalue weighted by molar-refractivity contribution is 0.0195. The maximum absolute atomic E-state index is 10.4. The Morgan fingerprint density at radius 1 is 1.00 bits per heavy atom. The molecule has 0 bridgehead atoms. The van der Waals surface area contributed by atoms with Crippen LogP contribution in [-0.4, -0.2) is 59.4 Å². The molecule has 6 rings (SSSR count). The Bertz CT molecular complexity index is 1350. The van der Waals surface area contributed by atoms with Gasteiger partial charge in [-0.15, -0.1) is 0 Å². The van der Waals surface area contributed by atoms with Crippen molar-refractivity contribution in [3.63, 3.8) is 0 Å². The standard InChI is InChI=1S/C25H30N8O/c1-16-22(28-19-8-4-3-7-18(19)26-16)20-15-21-29-23(32-13-5-6-14-32)30-24(33(21)31-20)27-17-9-11-25(2,34)12-10-17/h3-4,7-8,15,17,34H,5-6,9-14H2,1-2H3,(H,27,29,30)/t17-,25-. The molecule has 1 aromatic carbocycles. The SMILES string of the molecule is Cc1nc2ccccc2nc1-c1cc2nc(N3CCCC3)nc(N[C@H]3CC[C@](C)(O)CC3)n2n1. The minimum atomic E-state index is -0.578. The van der Waals surface area contributed by atoms with Gasteiger partial charge in [-0.25, -0.2) is 9.97 Å². The van der Waals surface area contributed by atoms with Gasteiger partial charge in [0, 0.05) is 25.2 Å². The summed E-state index contributed by atoms with van der Waals surface area (Å²) < 4.78 is 1.79. The molecule has 2 aliphatic rings. The van der Waals surface area contributed by atoms with Crippen LogP contribution in [0.5, 0.6) is 0 Å². The number of aliphatic hydroxyl groups is 1. The van der Waals surface area contributed by atoms with Gasteiger partial charge in [0.25, 0.3) is 0 Å². The van der Waals surface area contributed by atoms with Gasteiger partial charge in [-0.2, -0.15) is 19.6 Å². The van der Waals surface area contributed by atoms with Gasteiger partial charge in [-0.05, 0) is 64.5 Å². The molecule has 9 heteroatoms. The number of nitrogens with one attached hydrogen (secondary N) is 1. The van der Waals surface area contributed by atoms with Gasteiger partial charge >= 0.3 is 0 Å². The number of fused-ring (bicyclic) bond motifs is 2. The summed E-state index contributed by atoms with van der Waals surface area (Å²) in [7, 11) is 0. The molecular weight excluding hydrogens is 428 g/mol. The molecule has 176 valence electrons. The van der Waals surface area contributed by atoms with E-state index in [4.69, 9.17) is 25.0 Å². The molecule has 1 saturated heterocycles. The number of nitrogens with zero attached hydrogens (tertiary/aromatic N) is 7. The van der Waals surface area contributed by atoms with Crippen molar-refractivity contribution in [3.05, 3.63) is 36.0 Å². The van der Waals surface area contributed by atoms with E-state index in [9.17, 15) is 5.11 Å².